The Morgan fingerprint density at radius 3 is 2.47 bits per heavy atom. The van der Waals surface area contributed by atoms with E-state index in [0.29, 0.717) is 5.75 Å². The van der Waals surface area contributed by atoms with E-state index in [-0.39, 0.29) is 31.4 Å². The average Bonchev–Trinajstić information content (AvgIpc) is 2.17. The third-order valence-corrected chi connectivity index (χ3v) is 1.53. The lowest BCUT2D eigenvalue weighted by atomic mass is 10.3. The molecule has 1 rings (SSSR count). The van der Waals surface area contributed by atoms with Gasteiger partial charge in [0.05, 0.1) is 0 Å². The Morgan fingerprint density at radius 1 is 1.33 bits per heavy atom. The fourth-order valence-electron chi connectivity index (χ4n) is 0.870. The topological polar surface area (TPSA) is 35.2 Å². The van der Waals surface area contributed by atoms with Gasteiger partial charge in [-0.15, -0.1) is 12.4 Å². The van der Waals surface area contributed by atoms with Gasteiger partial charge in [0.2, 0.25) is 0 Å². The first-order valence-corrected chi connectivity index (χ1v) is 4.15. The van der Waals surface area contributed by atoms with Crippen LogP contribution in [0, 0.1) is 5.82 Å². The molecule has 0 heterocycles. The summed E-state index contributed by atoms with van der Waals surface area (Å²) in [6.45, 7) is -0.0402. The van der Waals surface area contributed by atoms with Gasteiger partial charge < -0.3 is 10.5 Å². The summed E-state index contributed by atoms with van der Waals surface area (Å²) in [5, 5.41) is 0. The van der Waals surface area contributed by atoms with E-state index in [4.69, 9.17) is 10.5 Å². The molecule has 0 spiro atoms. The summed E-state index contributed by atoms with van der Waals surface area (Å²) in [5.74, 6) is -0.362. The number of rotatable bonds is 4. The molecule has 1 aromatic carbocycles. The molecule has 0 aliphatic carbocycles. The third kappa shape index (κ3) is 5.34. The molecule has 5 heteroatoms. The van der Waals surface area contributed by atoms with Crippen LogP contribution in [0.3, 0.4) is 0 Å². The lowest BCUT2D eigenvalue weighted by molar-refractivity contribution is 0.318. The van der Waals surface area contributed by atoms with Gasteiger partial charge >= 0.3 is 0 Å². The zero-order valence-corrected chi connectivity index (χ0v) is 8.77. The van der Waals surface area contributed by atoms with Crippen molar-refractivity contribution in [2.45, 2.75) is 0 Å². The van der Waals surface area contributed by atoms with Crippen LogP contribution < -0.4 is 10.5 Å². The summed E-state index contributed by atoms with van der Waals surface area (Å²) in [6, 6.07) is 5.37. The quantitative estimate of drug-likeness (QED) is 0.870. The van der Waals surface area contributed by atoms with Gasteiger partial charge in [-0.2, -0.15) is 0 Å². The molecule has 0 saturated carbocycles. The van der Waals surface area contributed by atoms with Crippen LogP contribution in [0.4, 0.5) is 8.78 Å². The summed E-state index contributed by atoms with van der Waals surface area (Å²) >= 11 is 0. The van der Waals surface area contributed by atoms with E-state index < -0.39 is 5.83 Å². The van der Waals surface area contributed by atoms with E-state index in [9.17, 15) is 8.78 Å². The monoisotopic (exact) mass is 235 g/mol. The van der Waals surface area contributed by atoms with Crippen molar-refractivity contribution in [3.8, 4) is 5.75 Å². The number of ether oxygens (including phenoxy) is 1. The maximum absolute atomic E-state index is 12.8. The molecule has 0 saturated heterocycles. The van der Waals surface area contributed by atoms with Crippen LogP contribution in [0.5, 0.6) is 5.75 Å². The van der Waals surface area contributed by atoms with Gasteiger partial charge in [-0.05, 0) is 30.3 Å². The van der Waals surface area contributed by atoms with Crippen LogP contribution >= 0.6 is 12.4 Å². The standard InChI is InChI=1S/C10H11F2NO.ClH/c11-8-1-3-10(4-2-8)14-7-9(12)5-6-13;/h1-5H,6-7,13H2;1H/b9-5-;. The Balaban J connectivity index is 0.00000196. The van der Waals surface area contributed by atoms with Gasteiger partial charge in [0.15, 0.2) is 0 Å². The van der Waals surface area contributed by atoms with Crippen molar-refractivity contribution in [2.24, 2.45) is 5.73 Å². The first-order chi connectivity index (χ1) is 6.72. The SMILES string of the molecule is Cl.NC/C=C(\F)COc1ccc(F)cc1. The van der Waals surface area contributed by atoms with Crippen LogP contribution in [0.15, 0.2) is 36.2 Å². The zero-order valence-electron chi connectivity index (χ0n) is 7.95. The molecular formula is C10H12ClF2NO. The molecule has 0 aliphatic rings. The van der Waals surface area contributed by atoms with Gasteiger partial charge in [-0.3, -0.25) is 0 Å². The molecule has 0 radical (unpaired) electrons. The predicted molar refractivity (Wildman–Crippen MR) is 57.4 cm³/mol. The van der Waals surface area contributed by atoms with E-state index in [1.807, 2.05) is 0 Å². The Hall–Kier alpha value is -1.13. The van der Waals surface area contributed by atoms with Gasteiger partial charge in [-0.25, -0.2) is 8.78 Å². The fraction of sp³-hybridized carbons (Fsp3) is 0.200. The summed E-state index contributed by atoms with van der Waals surface area (Å²) in [6.07, 6.45) is 1.23. The second kappa shape index (κ2) is 7.20. The molecule has 0 aliphatic heterocycles. The van der Waals surface area contributed by atoms with Gasteiger partial charge in [0.25, 0.3) is 0 Å². The highest BCUT2D eigenvalue weighted by molar-refractivity contribution is 5.85. The minimum atomic E-state index is -0.433. The van der Waals surface area contributed by atoms with Crippen molar-refractivity contribution in [1.29, 1.82) is 0 Å². The van der Waals surface area contributed by atoms with Crippen molar-refractivity contribution < 1.29 is 13.5 Å². The van der Waals surface area contributed by atoms with Crippen molar-refractivity contribution in [2.75, 3.05) is 13.2 Å². The summed E-state index contributed by atoms with van der Waals surface area (Å²) in [5.41, 5.74) is 5.10. The highest BCUT2D eigenvalue weighted by atomic mass is 35.5. The molecule has 2 nitrogen and oxygen atoms in total. The highest BCUT2D eigenvalue weighted by Crippen LogP contribution is 2.12. The number of benzene rings is 1. The number of hydrogen-bond donors (Lipinski definition) is 1. The van der Waals surface area contributed by atoms with E-state index in [1.165, 1.54) is 30.3 Å². The zero-order chi connectivity index (χ0) is 10.4. The molecule has 0 bridgehead atoms. The predicted octanol–water partition coefficient (Wildman–Crippen LogP) is 2.44. The highest BCUT2D eigenvalue weighted by Gasteiger charge is 1.97. The molecule has 0 fully saturated rings. The number of nitrogens with two attached hydrogens (primary N) is 1. The molecule has 0 unspecified atom stereocenters. The summed E-state index contributed by atoms with van der Waals surface area (Å²) in [4.78, 5) is 0. The Labute approximate surface area is 93.1 Å². The normalized spacial score (nSPS) is 10.7. The van der Waals surface area contributed by atoms with Crippen LogP contribution in [0.1, 0.15) is 0 Å². The molecule has 15 heavy (non-hydrogen) atoms. The van der Waals surface area contributed by atoms with E-state index in [2.05, 4.69) is 0 Å². The average molecular weight is 236 g/mol. The number of hydrogen-bond acceptors (Lipinski definition) is 2. The van der Waals surface area contributed by atoms with Crippen molar-refractivity contribution in [3.05, 3.63) is 42.0 Å². The Bertz CT molecular complexity index is 314. The maximum atomic E-state index is 12.8. The third-order valence-electron chi connectivity index (χ3n) is 1.53. The van der Waals surface area contributed by atoms with Gasteiger partial charge in [0, 0.05) is 6.54 Å². The van der Waals surface area contributed by atoms with Crippen molar-refractivity contribution in [1.82, 2.24) is 0 Å². The Morgan fingerprint density at radius 2 is 1.93 bits per heavy atom. The largest absolute Gasteiger partial charge is 0.487 e. The van der Waals surface area contributed by atoms with Crippen molar-refractivity contribution >= 4 is 12.4 Å². The lowest BCUT2D eigenvalue weighted by Crippen LogP contribution is -2.01. The van der Waals surface area contributed by atoms with Crippen LogP contribution in [-0.2, 0) is 0 Å². The summed E-state index contributed by atoms with van der Waals surface area (Å²) in [7, 11) is 0. The molecule has 0 atom stereocenters. The van der Waals surface area contributed by atoms with Gasteiger partial charge in [0.1, 0.15) is 24.0 Å². The molecular weight excluding hydrogens is 224 g/mol. The van der Waals surface area contributed by atoms with Crippen molar-refractivity contribution in [3.63, 3.8) is 0 Å². The lowest BCUT2D eigenvalue weighted by Gasteiger charge is -2.03. The molecule has 1 aromatic rings. The van der Waals surface area contributed by atoms with Crippen LogP contribution in [-0.4, -0.2) is 13.2 Å². The number of halogens is 3. The smallest absolute Gasteiger partial charge is 0.139 e. The molecule has 0 amide bonds. The maximum Gasteiger partial charge on any atom is 0.139 e. The fourth-order valence-corrected chi connectivity index (χ4v) is 0.870. The van der Waals surface area contributed by atoms with E-state index in [1.54, 1.807) is 0 Å². The second-order valence-electron chi connectivity index (χ2n) is 2.63. The van der Waals surface area contributed by atoms with Gasteiger partial charge in [-0.1, -0.05) is 0 Å². The first kappa shape index (κ1) is 13.9. The van der Waals surface area contributed by atoms with E-state index in [0.717, 1.165) is 0 Å². The summed E-state index contributed by atoms with van der Waals surface area (Å²) < 4.78 is 30.2. The van der Waals surface area contributed by atoms with Crippen LogP contribution in [0.25, 0.3) is 0 Å². The molecule has 84 valence electrons. The second-order valence-corrected chi connectivity index (χ2v) is 2.63. The first-order valence-electron chi connectivity index (χ1n) is 4.15. The minimum absolute atomic E-state index is 0. The molecule has 2 N–H and O–H groups in total. The van der Waals surface area contributed by atoms with Crippen LogP contribution in [0.2, 0.25) is 0 Å². The Kier molecular flexibility index (Phi) is 6.66. The van der Waals surface area contributed by atoms with E-state index >= 15 is 0 Å². The molecule has 0 aromatic heterocycles. The minimum Gasteiger partial charge on any atom is -0.487 e.